The molecule has 39 heavy (non-hydrogen) atoms. The van der Waals surface area contributed by atoms with Crippen molar-refractivity contribution >= 4 is 35.0 Å². The van der Waals surface area contributed by atoms with E-state index in [2.05, 4.69) is 32.4 Å². The van der Waals surface area contributed by atoms with Crippen molar-refractivity contribution in [3.05, 3.63) is 30.7 Å². The van der Waals surface area contributed by atoms with E-state index in [1.54, 1.807) is 21.6 Å². The second-order valence-corrected chi connectivity index (χ2v) is 11.7. The summed E-state index contributed by atoms with van der Waals surface area (Å²) in [5, 5.41) is 12.2. The number of pyridine rings is 1. The summed E-state index contributed by atoms with van der Waals surface area (Å²) in [4.78, 5) is 38.3. The fraction of sp³-hybridized carbons (Fsp3) is 0.577. The van der Waals surface area contributed by atoms with Gasteiger partial charge in [0.15, 0.2) is 5.65 Å². The second kappa shape index (κ2) is 9.70. The molecule has 0 aromatic carbocycles. The van der Waals surface area contributed by atoms with Crippen molar-refractivity contribution in [3.63, 3.8) is 0 Å². The van der Waals surface area contributed by atoms with E-state index in [1.165, 1.54) is 0 Å². The lowest BCUT2D eigenvalue weighted by Gasteiger charge is -2.56. The minimum absolute atomic E-state index is 0.0676. The van der Waals surface area contributed by atoms with Gasteiger partial charge in [-0.1, -0.05) is 0 Å². The normalized spacial score (nSPS) is 21.7. The molecule has 0 radical (unpaired) electrons. The van der Waals surface area contributed by atoms with E-state index in [9.17, 15) is 9.59 Å². The summed E-state index contributed by atoms with van der Waals surface area (Å²) in [5.41, 5.74) is 1.92. The number of amides is 2. The van der Waals surface area contributed by atoms with E-state index in [1.807, 2.05) is 48.9 Å². The standard InChI is InChI=1S/C26H36N10O3/c1-26(2,3)39-25(38)36-19-12-20(36)16-33(15-19)21-6-5-7-35-23(21)29-24(30-35)28-18-13-27-34(14-18)17-22(37)32-10-8-31(4)9-11-32/h5-7,13-14,19-20H,8-12,15-17H2,1-4H3,(H,28,30). The largest absolute Gasteiger partial charge is 0.444 e. The summed E-state index contributed by atoms with van der Waals surface area (Å²) in [5.74, 6) is 0.517. The molecule has 2 atom stereocenters. The van der Waals surface area contributed by atoms with Crippen LogP contribution in [-0.4, -0.2) is 115 Å². The molecule has 208 valence electrons. The van der Waals surface area contributed by atoms with Gasteiger partial charge in [-0.2, -0.15) is 10.1 Å². The minimum atomic E-state index is -0.506. The fourth-order valence-corrected chi connectivity index (χ4v) is 5.55. The van der Waals surface area contributed by atoms with Gasteiger partial charge in [-0.05, 0) is 46.4 Å². The number of hydrogen-bond acceptors (Lipinski definition) is 9. The highest BCUT2D eigenvalue weighted by atomic mass is 16.6. The molecule has 13 nitrogen and oxygen atoms in total. The number of anilines is 3. The van der Waals surface area contributed by atoms with Crippen LogP contribution in [0.2, 0.25) is 0 Å². The number of carbonyl (C=O) groups excluding carboxylic acids is 2. The van der Waals surface area contributed by atoms with Crippen molar-refractivity contribution < 1.29 is 14.3 Å². The summed E-state index contributed by atoms with van der Waals surface area (Å²) in [6, 6.07) is 4.24. The molecule has 4 aliphatic heterocycles. The van der Waals surface area contributed by atoms with Crippen LogP contribution in [0.5, 0.6) is 0 Å². The Hall–Kier alpha value is -3.87. The molecule has 4 aliphatic rings. The van der Waals surface area contributed by atoms with Gasteiger partial charge in [-0.15, -0.1) is 5.10 Å². The molecule has 2 bridgehead atoms. The number of carbonyl (C=O) groups is 2. The Morgan fingerprint density at radius 3 is 2.59 bits per heavy atom. The Bertz CT molecular complexity index is 1360. The predicted octanol–water partition coefficient (Wildman–Crippen LogP) is 1.64. The van der Waals surface area contributed by atoms with Gasteiger partial charge in [0, 0.05) is 51.7 Å². The number of hydrogen-bond donors (Lipinski definition) is 1. The van der Waals surface area contributed by atoms with Gasteiger partial charge < -0.3 is 24.8 Å². The molecule has 0 spiro atoms. The van der Waals surface area contributed by atoms with Crippen LogP contribution in [0.25, 0.3) is 5.65 Å². The van der Waals surface area contributed by atoms with Crippen molar-refractivity contribution in [1.29, 1.82) is 0 Å². The van der Waals surface area contributed by atoms with E-state index in [0.717, 1.165) is 57.0 Å². The molecule has 2 amide bonds. The molecule has 0 saturated carbocycles. The zero-order chi connectivity index (χ0) is 27.3. The third kappa shape index (κ3) is 5.22. The lowest BCUT2D eigenvalue weighted by molar-refractivity contribution is -0.133. The first kappa shape index (κ1) is 25.4. The third-order valence-corrected chi connectivity index (χ3v) is 7.52. The van der Waals surface area contributed by atoms with E-state index < -0.39 is 5.60 Å². The maximum atomic E-state index is 12.7. The molecule has 4 fully saturated rings. The van der Waals surface area contributed by atoms with E-state index >= 15 is 0 Å². The van der Waals surface area contributed by atoms with Gasteiger partial charge in [0.2, 0.25) is 11.9 Å². The highest BCUT2D eigenvalue weighted by Gasteiger charge is 2.49. The second-order valence-electron chi connectivity index (χ2n) is 11.7. The monoisotopic (exact) mass is 536 g/mol. The summed E-state index contributed by atoms with van der Waals surface area (Å²) in [6.07, 6.45) is 6.09. The first-order valence-electron chi connectivity index (χ1n) is 13.5. The quantitative estimate of drug-likeness (QED) is 0.519. The van der Waals surface area contributed by atoms with Crippen LogP contribution in [0.4, 0.5) is 22.1 Å². The SMILES string of the molecule is CN1CCN(C(=O)Cn2cc(Nc3nc4c(N5CC6CC(C5)N6C(=O)OC(C)(C)C)cccn4n3)cn2)CC1. The number of likely N-dealkylation sites (N-methyl/N-ethyl adjacent to an activating group) is 1. The van der Waals surface area contributed by atoms with Crippen LogP contribution >= 0.6 is 0 Å². The highest BCUT2D eigenvalue weighted by molar-refractivity contribution is 5.76. The molecular weight excluding hydrogens is 500 g/mol. The minimum Gasteiger partial charge on any atom is -0.444 e. The van der Waals surface area contributed by atoms with Gasteiger partial charge in [0.1, 0.15) is 12.1 Å². The van der Waals surface area contributed by atoms with Crippen LogP contribution in [0.3, 0.4) is 0 Å². The highest BCUT2D eigenvalue weighted by Crippen LogP contribution is 2.37. The number of fused-ring (bicyclic) bond motifs is 3. The number of piperidine rings is 1. The first-order valence-corrected chi connectivity index (χ1v) is 13.5. The van der Waals surface area contributed by atoms with Crippen LogP contribution in [-0.2, 0) is 16.1 Å². The predicted molar refractivity (Wildman–Crippen MR) is 145 cm³/mol. The first-order chi connectivity index (χ1) is 18.6. The van der Waals surface area contributed by atoms with Gasteiger partial charge >= 0.3 is 6.09 Å². The van der Waals surface area contributed by atoms with Crippen molar-refractivity contribution in [1.82, 2.24) is 39.1 Å². The van der Waals surface area contributed by atoms with E-state index in [0.29, 0.717) is 11.6 Å². The topological polar surface area (TPSA) is 116 Å². The fourth-order valence-electron chi connectivity index (χ4n) is 5.55. The Morgan fingerprint density at radius 1 is 1.13 bits per heavy atom. The number of rotatable bonds is 5. The molecule has 4 saturated heterocycles. The lowest BCUT2D eigenvalue weighted by atomic mass is 9.87. The number of nitrogens with zero attached hydrogens (tertiary/aromatic N) is 9. The Labute approximate surface area is 227 Å². The van der Waals surface area contributed by atoms with Crippen LogP contribution in [0.15, 0.2) is 30.7 Å². The van der Waals surface area contributed by atoms with Crippen molar-refractivity contribution in [2.24, 2.45) is 0 Å². The van der Waals surface area contributed by atoms with Crippen molar-refractivity contribution in [2.45, 2.75) is 51.4 Å². The zero-order valence-corrected chi connectivity index (χ0v) is 22.9. The number of aromatic nitrogens is 5. The lowest BCUT2D eigenvalue weighted by Crippen LogP contribution is -2.70. The Kier molecular flexibility index (Phi) is 6.32. The Balaban J connectivity index is 1.11. The third-order valence-electron chi connectivity index (χ3n) is 7.52. The number of piperazine rings is 2. The van der Waals surface area contributed by atoms with Crippen LogP contribution in [0, 0.1) is 0 Å². The molecule has 3 aromatic rings. The molecule has 13 heteroatoms. The smallest absolute Gasteiger partial charge is 0.410 e. The van der Waals surface area contributed by atoms with Crippen LogP contribution in [0.1, 0.15) is 27.2 Å². The van der Waals surface area contributed by atoms with Gasteiger partial charge in [-0.3, -0.25) is 14.4 Å². The summed E-state index contributed by atoms with van der Waals surface area (Å²) in [7, 11) is 2.07. The molecule has 7 rings (SSSR count). The average Bonchev–Trinajstić information content (AvgIpc) is 3.49. The van der Waals surface area contributed by atoms with Crippen molar-refractivity contribution in [3.8, 4) is 0 Å². The van der Waals surface area contributed by atoms with Gasteiger partial charge in [0.25, 0.3) is 0 Å². The number of ether oxygens (including phenoxy) is 1. The maximum absolute atomic E-state index is 12.7. The van der Waals surface area contributed by atoms with E-state index in [4.69, 9.17) is 9.72 Å². The van der Waals surface area contributed by atoms with E-state index in [-0.39, 0.29) is 30.6 Å². The molecule has 0 aliphatic carbocycles. The number of nitrogens with one attached hydrogen (secondary N) is 1. The average molecular weight is 537 g/mol. The summed E-state index contributed by atoms with van der Waals surface area (Å²) < 4.78 is 9.01. The van der Waals surface area contributed by atoms with Crippen LogP contribution < -0.4 is 10.2 Å². The molecule has 3 aromatic heterocycles. The molecule has 1 N–H and O–H groups in total. The van der Waals surface area contributed by atoms with Gasteiger partial charge in [-0.25, -0.2) is 9.31 Å². The maximum Gasteiger partial charge on any atom is 0.410 e. The summed E-state index contributed by atoms with van der Waals surface area (Å²) >= 11 is 0. The summed E-state index contributed by atoms with van der Waals surface area (Å²) in [6.45, 7) is 10.6. The Morgan fingerprint density at radius 2 is 1.87 bits per heavy atom. The molecular formula is C26H36N10O3. The zero-order valence-electron chi connectivity index (χ0n) is 22.9. The van der Waals surface area contributed by atoms with Gasteiger partial charge in [0.05, 0.1) is 29.7 Å². The van der Waals surface area contributed by atoms with Crippen molar-refractivity contribution in [2.75, 3.05) is 56.5 Å². The molecule has 7 heterocycles. The molecule has 2 unspecified atom stereocenters.